The maximum atomic E-state index is 12.3. The summed E-state index contributed by atoms with van der Waals surface area (Å²) in [7, 11) is 0. The van der Waals surface area contributed by atoms with E-state index in [1.54, 1.807) is 20.8 Å². The molecule has 6 nitrogen and oxygen atoms in total. The molecule has 2 rings (SSSR count). The van der Waals surface area contributed by atoms with Crippen LogP contribution in [0.4, 0.5) is 9.80 Å². The number of amides is 1. The van der Waals surface area contributed by atoms with Gasteiger partial charge in [0.2, 0.25) is 0 Å². The molecular formula is C13H17NO5S. The minimum atomic E-state index is -1.20. The smallest absolute Gasteiger partial charge is 0.409 e. The van der Waals surface area contributed by atoms with Gasteiger partial charge < -0.3 is 14.6 Å². The lowest BCUT2D eigenvalue weighted by molar-refractivity contribution is 0.00652. The van der Waals surface area contributed by atoms with E-state index >= 15 is 0 Å². The van der Waals surface area contributed by atoms with Gasteiger partial charge >= 0.3 is 12.1 Å². The highest BCUT2D eigenvalue weighted by Crippen LogP contribution is 2.37. The second kappa shape index (κ2) is 5.41. The molecule has 20 heavy (non-hydrogen) atoms. The first-order chi connectivity index (χ1) is 9.28. The van der Waals surface area contributed by atoms with E-state index in [0.717, 1.165) is 10.4 Å². The molecule has 0 spiro atoms. The zero-order valence-corrected chi connectivity index (χ0v) is 12.4. The van der Waals surface area contributed by atoms with Crippen molar-refractivity contribution in [3.05, 3.63) is 16.0 Å². The lowest BCUT2D eigenvalue weighted by Crippen LogP contribution is -2.25. The predicted octanol–water partition coefficient (Wildman–Crippen LogP) is 2.87. The van der Waals surface area contributed by atoms with E-state index in [4.69, 9.17) is 14.6 Å². The fraction of sp³-hybridized carbons (Fsp3) is 0.538. The van der Waals surface area contributed by atoms with E-state index in [9.17, 15) is 9.59 Å². The molecule has 0 radical (unpaired) electrons. The van der Waals surface area contributed by atoms with Crippen LogP contribution in [-0.4, -0.2) is 29.4 Å². The number of carbonyl (C=O) groups excluding carboxylic acids is 1. The average Bonchev–Trinajstić information content (AvgIpc) is 2.63. The third-order valence-corrected chi connectivity index (χ3v) is 3.84. The Morgan fingerprint density at radius 3 is 2.70 bits per heavy atom. The van der Waals surface area contributed by atoms with Crippen molar-refractivity contribution in [2.24, 2.45) is 0 Å². The molecule has 1 amide bonds. The average molecular weight is 299 g/mol. The zero-order valence-electron chi connectivity index (χ0n) is 11.6. The first kappa shape index (κ1) is 14.8. The van der Waals surface area contributed by atoms with Crippen molar-refractivity contribution in [2.45, 2.75) is 39.4 Å². The van der Waals surface area contributed by atoms with Gasteiger partial charge in [0.05, 0.1) is 13.2 Å². The van der Waals surface area contributed by atoms with Crippen LogP contribution < -0.4 is 5.32 Å². The molecular weight excluding hydrogens is 282 g/mol. The first-order valence-electron chi connectivity index (χ1n) is 6.23. The van der Waals surface area contributed by atoms with E-state index in [1.807, 2.05) is 0 Å². The van der Waals surface area contributed by atoms with E-state index in [0.29, 0.717) is 24.6 Å². The highest BCUT2D eigenvalue weighted by molar-refractivity contribution is 7.17. The number of ether oxygens (including phenoxy) is 2. The van der Waals surface area contributed by atoms with Crippen LogP contribution in [0, 0.1) is 0 Å². The van der Waals surface area contributed by atoms with Crippen molar-refractivity contribution in [1.29, 1.82) is 0 Å². The monoisotopic (exact) mass is 299 g/mol. The molecule has 1 aromatic rings. The van der Waals surface area contributed by atoms with E-state index in [-0.39, 0.29) is 5.56 Å². The van der Waals surface area contributed by atoms with Gasteiger partial charge in [0.1, 0.15) is 16.2 Å². The van der Waals surface area contributed by atoms with Crippen LogP contribution in [0.1, 0.15) is 41.6 Å². The number of fused-ring (bicyclic) bond motifs is 1. The normalized spacial score (nSPS) is 14.6. The van der Waals surface area contributed by atoms with Crippen LogP contribution in [0.2, 0.25) is 0 Å². The largest absolute Gasteiger partial charge is 0.465 e. The topological polar surface area (TPSA) is 84.9 Å². The summed E-state index contributed by atoms with van der Waals surface area (Å²) in [4.78, 5) is 24.1. The third-order valence-electron chi connectivity index (χ3n) is 2.63. The predicted molar refractivity (Wildman–Crippen MR) is 74.5 cm³/mol. The second-order valence-corrected chi connectivity index (χ2v) is 6.55. The van der Waals surface area contributed by atoms with Crippen molar-refractivity contribution < 1.29 is 24.2 Å². The molecule has 0 unspecified atom stereocenters. The Labute approximate surface area is 120 Å². The molecule has 0 saturated carbocycles. The Morgan fingerprint density at radius 2 is 2.10 bits per heavy atom. The summed E-state index contributed by atoms with van der Waals surface area (Å²) in [5.41, 5.74) is 0.378. The maximum Gasteiger partial charge on any atom is 0.409 e. The molecule has 1 aliphatic rings. The minimum absolute atomic E-state index is 0.280. The summed E-state index contributed by atoms with van der Waals surface area (Å²) >= 11 is 1.27. The number of thiophene rings is 1. The van der Waals surface area contributed by atoms with Gasteiger partial charge in [-0.25, -0.2) is 9.59 Å². The van der Waals surface area contributed by atoms with Crippen LogP contribution in [0.3, 0.4) is 0 Å². The van der Waals surface area contributed by atoms with Gasteiger partial charge in [0.25, 0.3) is 0 Å². The Kier molecular flexibility index (Phi) is 4.01. The van der Waals surface area contributed by atoms with Crippen molar-refractivity contribution in [1.82, 2.24) is 0 Å². The van der Waals surface area contributed by atoms with Crippen molar-refractivity contribution in [3.63, 3.8) is 0 Å². The van der Waals surface area contributed by atoms with Gasteiger partial charge in [0, 0.05) is 16.9 Å². The van der Waals surface area contributed by atoms with Gasteiger partial charge in [-0.15, -0.1) is 11.3 Å². The maximum absolute atomic E-state index is 12.3. The second-order valence-electron chi connectivity index (χ2n) is 5.44. The molecule has 1 aromatic heterocycles. The molecule has 0 bridgehead atoms. The van der Waals surface area contributed by atoms with Crippen LogP contribution >= 0.6 is 11.3 Å². The highest BCUT2D eigenvalue weighted by Gasteiger charge is 2.30. The van der Waals surface area contributed by atoms with Gasteiger partial charge in [0.15, 0.2) is 0 Å². The number of anilines is 1. The van der Waals surface area contributed by atoms with Crippen LogP contribution in [0.15, 0.2) is 0 Å². The van der Waals surface area contributed by atoms with Crippen LogP contribution in [-0.2, 0) is 22.5 Å². The van der Waals surface area contributed by atoms with Crippen molar-refractivity contribution >= 4 is 28.4 Å². The summed E-state index contributed by atoms with van der Waals surface area (Å²) in [6, 6.07) is 0. The van der Waals surface area contributed by atoms with Gasteiger partial charge in [-0.05, 0) is 20.8 Å². The number of esters is 1. The standard InChI is InChI=1S/C13H17NO5S/c1-13(2,3)19-11(15)9-7-6-18-5-4-8(7)20-10(9)14-12(16)17/h14H,4-6H2,1-3H3,(H,16,17). The molecule has 1 aliphatic heterocycles. The number of nitrogens with one attached hydrogen (secondary N) is 1. The molecule has 7 heteroatoms. The van der Waals surface area contributed by atoms with Gasteiger partial charge in [-0.1, -0.05) is 0 Å². The molecule has 110 valence electrons. The number of hydrogen-bond donors (Lipinski definition) is 2. The first-order valence-corrected chi connectivity index (χ1v) is 7.05. The SMILES string of the molecule is CC(C)(C)OC(=O)c1c(NC(=O)O)sc2c1COCC2. The molecule has 2 heterocycles. The van der Waals surface area contributed by atoms with Crippen molar-refractivity contribution in [2.75, 3.05) is 11.9 Å². The van der Waals surface area contributed by atoms with E-state index < -0.39 is 17.7 Å². The fourth-order valence-corrected chi connectivity index (χ4v) is 3.10. The summed E-state index contributed by atoms with van der Waals surface area (Å²) in [5, 5.41) is 11.5. The summed E-state index contributed by atoms with van der Waals surface area (Å²) in [6.07, 6.45) is -0.522. The van der Waals surface area contributed by atoms with Crippen LogP contribution in [0.25, 0.3) is 0 Å². The molecule has 0 saturated heterocycles. The Balaban J connectivity index is 2.40. The highest BCUT2D eigenvalue weighted by atomic mass is 32.1. The molecule has 0 aliphatic carbocycles. The van der Waals surface area contributed by atoms with E-state index in [2.05, 4.69) is 5.32 Å². The lowest BCUT2D eigenvalue weighted by atomic mass is 10.1. The third kappa shape index (κ3) is 3.29. The van der Waals surface area contributed by atoms with Crippen molar-refractivity contribution in [3.8, 4) is 0 Å². The van der Waals surface area contributed by atoms with Gasteiger partial charge in [-0.3, -0.25) is 5.32 Å². The summed E-state index contributed by atoms with van der Waals surface area (Å²) in [5.74, 6) is -0.524. The number of carboxylic acid groups (broad SMARTS) is 1. The molecule has 0 aromatic carbocycles. The summed E-state index contributed by atoms with van der Waals surface area (Å²) in [6.45, 7) is 6.19. The quantitative estimate of drug-likeness (QED) is 0.820. The Hall–Kier alpha value is -1.60. The van der Waals surface area contributed by atoms with E-state index in [1.165, 1.54) is 11.3 Å². The Morgan fingerprint density at radius 1 is 1.40 bits per heavy atom. The molecule has 0 atom stereocenters. The number of carbonyl (C=O) groups is 2. The number of rotatable bonds is 2. The minimum Gasteiger partial charge on any atom is -0.465 e. The molecule has 0 fully saturated rings. The lowest BCUT2D eigenvalue weighted by Gasteiger charge is -2.21. The van der Waals surface area contributed by atoms with Crippen LogP contribution in [0.5, 0.6) is 0 Å². The van der Waals surface area contributed by atoms with Gasteiger partial charge in [-0.2, -0.15) is 0 Å². The summed E-state index contributed by atoms with van der Waals surface area (Å²) < 4.78 is 10.7. The molecule has 2 N–H and O–H groups in total. The Bertz CT molecular complexity index is 544. The number of hydrogen-bond acceptors (Lipinski definition) is 5. The zero-order chi connectivity index (χ0) is 14.9. The fourth-order valence-electron chi connectivity index (χ4n) is 1.94.